The number of halogens is 2. The predicted octanol–water partition coefficient (Wildman–Crippen LogP) is 6.00. The molecule has 0 unspecified atom stereocenters. The zero-order chi connectivity index (χ0) is 21.7. The number of fused-ring (bicyclic) bond motifs is 1. The Bertz CT molecular complexity index is 998. The van der Waals surface area contributed by atoms with Gasteiger partial charge in [-0.2, -0.15) is 0 Å². The molecule has 0 aliphatic carbocycles. The van der Waals surface area contributed by atoms with Crippen LogP contribution in [0.4, 0.5) is 25.0 Å². The van der Waals surface area contributed by atoms with E-state index in [0.717, 1.165) is 5.56 Å². The Labute approximate surface area is 175 Å². The highest BCUT2D eigenvalue weighted by Crippen LogP contribution is 2.33. The van der Waals surface area contributed by atoms with Crippen LogP contribution in [0.5, 0.6) is 5.75 Å². The van der Waals surface area contributed by atoms with E-state index in [0.29, 0.717) is 35.5 Å². The molecular formula is C23H25F2N3O2. The van der Waals surface area contributed by atoms with Crippen LogP contribution in [0.2, 0.25) is 0 Å². The Morgan fingerprint density at radius 3 is 2.80 bits per heavy atom. The summed E-state index contributed by atoms with van der Waals surface area (Å²) in [4.78, 5) is 18.3. The van der Waals surface area contributed by atoms with E-state index < -0.39 is 5.83 Å². The fourth-order valence-electron chi connectivity index (χ4n) is 3.21. The summed E-state index contributed by atoms with van der Waals surface area (Å²) in [6.45, 7) is 5.30. The number of hydrogen-bond donors (Lipinski definition) is 1. The van der Waals surface area contributed by atoms with Crippen LogP contribution < -0.4 is 15.0 Å². The molecule has 2 aromatic rings. The zero-order valence-electron chi connectivity index (χ0n) is 17.3. The summed E-state index contributed by atoms with van der Waals surface area (Å²) < 4.78 is 33.7. The maximum atomic E-state index is 14.3. The Balaban J connectivity index is 1.88. The summed E-state index contributed by atoms with van der Waals surface area (Å²) in [7, 11) is 0. The van der Waals surface area contributed by atoms with Crippen LogP contribution in [0.15, 0.2) is 52.9 Å². The van der Waals surface area contributed by atoms with Gasteiger partial charge in [-0.1, -0.05) is 26.0 Å². The quantitative estimate of drug-likeness (QED) is 0.566. The number of allylic oxidation sites excluding steroid dienone is 1. The highest BCUT2D eigenvalue weighted by Gasteiger charge is 2.27. The molecule has 0 radical (unpaired) electrons. The van der Waals surface area contributed by atoms with Gasteiger partial charge in [-0.15, -0.1) is 0 Å². The second kappa shape index (κ2) is 9.52. The van der Waals surface area contributed by atoms with Gasteiger partial charge in [0.15, 0.2) is 0 Å². The van der Waals surface area contributed by atoms with Crippen molar-refractivity contribution in [3.05, 3.63) is 64.9 Å². The first-order valence-electron chi connectivity index (χ1n) is 9.94. The third-order valence-corrected chi connectivity index (χ3v) is 4.85. The Morgan fingerprint density at radius 2 is 2.10 bits per heavy atom. The van der Waals surface area contributed by atoms with Gasteiger partial charge in [0, 0.05) is 17.8 Å². The minimum Gasteiger partial charge on any atom is -0.487 e. The maximum Gasteiger partial charge on any atom is 0.326 e. The van der Waals surface area contributed by atoms with Crippen LogP contribution >= 0.6 is 0 Å². The Hall–Kier alpha value is -3.22. The van der Waals surface area contributed by atoms with E-state index in [2.05, 4.69) is 10.3 Å². The van der Waals surface area contributed by atoms with Crippen LogP contribution in [-0.2, 0) is 13.0 Å². The fourth-order valence-corrected chi connectivity index (χ4v) is 3.21. The van der Waals surface area contributed by atoms with Crippen molar-refractivity contribution in [2.24, 2.45) is 4.99 Å². The second-order valence-electron chi connectivity index (χ2n) is 6.92. The molecule has 158 valence electrons. The normalized spacial score (nSPS) is 14.4. The van der Waals surface area contributed by atoms with E-state index in [4.69, 9.17) is 4.74 Å². The largest absolute Gasteiger partial charge is 0.487 e. The van der Waals surface area contributed by atoms with E-state index in [-0.39, 0.29) is 30.7 Å². The number of urea groups is 1. The van der Waals surface area contributed by atoms with Gasteiger partial charge in [0.1, 0.15) is 29.7 Å². The van der Waals surface area contributed by atoms with Crippen molar-refractivity contribution in [3.8, 4) is 5.75 Å². The molecule has 2 amide bonds. The number of nitrogens with one attached hydrogen (secondary N) is 1. The lowest BCUT2D eigenvalue weighted by Gasteiger charge is -2.31. The molecule has 1 aliphatic rings. The molecule has 5 nitrogen and oxygen atoms in total. The van der Waals surface area contributed by atoms with Crippen molar-refractivity contribution in [3.63, 3.8) is 0 Å². The minimum atomic E-state index is -0.410. The molecular weight excluding hydrogens is 388 g/mol. The Kier molecular flexibility index (Phi) is 6.82. The molecule has 0 spiro atoms. The average molecular weight is 413 g/mol. The predicted molar refractivity (Wildman–Crippen MR) is 116 cm³/mol. The van der Waals surface area contributed by atoms with Gasteiger partial charge < -0.3 is 10.1 Å². The van der Waals surface area contributed by atoms with Gasteiger partial charge in [0.25, 0.3) is 0 Å². The molecule has 1 N–H and O–H groups in total. The van der Waals surface area contributed by atoms with E-state index in [9.17, 15) is 13.6 Å². The third-order valence-electron chi connectivity index (χ3n) is 4.85. The standard InChI is InChI=1S/C23H25F2N3O2/c1-4-11-26-21(15(3)24)14-30-17-10-9-16(5-2)22(12-17)28-13-18-19(25)7-6-8-20(18)27-23(28)29/h6-12H,4-5,13-14H2,1-3H3,(H,27,29)/b21-15+,26-11?. The third kappa shape index (κ3) is 4.67. The van der Waals surface area contributed by atoms with E-state index in [1.807, 2.05) is 19.9 Å². The molecule has 0 saturated carbocycles. The lowest BCUT2D eigenvalue weighted by atomic mass is 10.1. The molecule has 1 heterocycles. The Morgan fingerprint density at radius 1 is 1.30 bits per heavy atom. The number of rotatable bonds is 7. The smallest absolute Gasteiger partial charge is 0.326 e. The molecule has 0 aromatic heterocycles. The topological polar surface area (TPSA) is 53.9 Å². The molecule has 2 aromatic carbocycles. The van der Waals surface area contributed by atoms with E-state index in [1.54, 1.807) is 30.5 Å². The van der Waals surface area contributed by atoms with Gasteiger partial charge in [-0.05, 0) is 43.5 Å². The zero-order valence-corrected chi connectivity index (χ0v) is 17.3. The highest BCUT2D eigenvalue weighted by molar-refractivity contribution is 6.04. The van der Waals surface area contributed by atoms with Crippen molar-refractivity contribution < 1.29 is 18.3 Å². The number of hydrogen-bond acceptors (Lipinski definition) is 3. The van der Waals surface area contributed by atoms with Gasteiger partial charge in [0.2, 0.25) is 0 Å². The highest BCUT2D eigenvalue weighted by atomic mass is 19.1. The number of aryl methyl sites for hydroxylation is 1. The van der Waals surface area contributed by atoms with Crippen LogP contribution in [0, 0.1) is 5.82 Å². The van der Waals surface area contributed by atoms with Crippen molar-refractivity contribution in [2.75, 3.05) is 16.8 Å². The summed E-state index contributed by atoms with van der Waals surface area (Å²) in [6, 6.07) is 9.63. The minimum absolute atomic E-state index is 0.0343. The molecule has 1 aliphatic heterocycles. The summed E-state index contributed by atoms with van der Waals surface area (Å²) in [5, 5.41) is 2.74. The molecule has 0 saturated heterocycles. The molecule has 3 rings (SSSR count). The maximum absolute atomic E-state index is 14.3. The molecule has 30 heavy (non-hydrogen) atoms. The summed E-state index contributed by atoms with van der Waals surface area (Å²) in [5.74, 6) is -0.308. The molecule has 0 atom stereocenters. The van der Waals surface area contributed by atoms with Gasteiger partial charge in [-0.25, -0.2) is 13.6 Å². The number of ether oxygens (including phenoxy) is 1. The molecule has 0 fully saturated rings. The van der Waals surface area contributed by atoms with Gasteiger partial charge >= 0.3 is 6.03 Å². The van der Waals surface area contributed by atoms with Crippen molar-refractivity contribution >= 4 is 23.6 Å². The number of amides is 2. The molecule has 0 bridgehead atoms. The SMILES string of the molecule is CCC=N/C(COc1ccc(CC)c(N2Cc3c(F)cccc3NC2=O)c1)=C(\C)F. The fraction of sp³-hybridized carbons (Fsp3) is 0.304. The van der Waals surface area contributed by atoms with Crippen LogP contribution in [0.25, 0.3) is 0 Å². The van der Waals surface area contributed by atoms with Crippen LogP contribution in [0.1, 0.15) is 38.3 Å². The number of anilines is 2. The lowest BCUT2D eigenvalue weighted by Crippen LogP contribution is -2.39. The number of aliphatic imine (C=N–C) groups is 1. The van der Waals surface area contributed by atoms with Crippen molar-refractivity contribution in [1.82, 2.24) is 0 Å². The van der Waals surface area contributed by atoms with Gasteiger partial charge in [0.05, 0.1) is 17.9 Å². The summed E-state index contributed by atoms with van der Waals surface area (Å²) >= 11 is 0. The summed E-state index contributed by atoms with van der Waals surface area (Å²) in [6.07, 6.45) is 2.99. The van der Waals surface area contributed by atoms with E-state index in [1.165, 1.54) is 17.9 Å². The number of nitrogens with zero attached hydrogens (tertiary/aromatic N) is 2. The monoisotopic (exact) mass is 413 g/mol. The van der Waals surface area contributed by atoms with Crippen molar-refractivity contribution in [1.29, 1.82) is 0 Å². The first kappa shape index (κ1) is 21.5. The van der Waals surface area contributed by atoms with Crippen LogP contribution in [0.3, 0.4) is 0 Å². The lowest BCUT2D eigenvalue weighted by molar-refractivity contribution is 0.255. The van der Waals surface area contributed by atoms with Gasteiger partial charge in [-0.3, -0.25) is 9.89 Å². The first-order valence-corrected chi connectivity index (χ1v) is 9.94. The number of carbonyl (C=O) groups is 1. The number of carbonyl (C=O) groups excluding carboxylic acids is 1. The summed E-state index contributed by atoms with van der Waals surface area (Å²) in [5.41, 5.74) is 2.66. The second-order valence-corrected chi connectivity index (χ2v) is 6.92. The number of benzene rings is 2. The van der Waals surface area contributed by atoms with Crippen molar-refractivity contribution in [2.45, 2.75) is 40.2 Å². The first-order chi connectivity index (χ1) is 14.4. The van der Waals surface area contributed by atoms with Crippen LogP contribution in [-0.4, -0.2) is 18.9 Å². The molecule has 7 heteroatoms. The average Bonchev–Trinajstić information content (AvgIpc) is 2.73. The van der Waals surface area contributed by atoms with E-state index >= 15 is 0 Å².